The number of amides is 5. The van der Waals surface area contributed by atoms with Crippen LogP contribution in [0.1, 0.15) is 43.0 Å². The zero-order valence-electron chi connectivity index (χ0n) is 14.2. The van der Waals surface area contributed by atoms with E-state index in [1.807, 2.05) is 0 Å². The maximum absolute atomic E-state index is 12.6. The first-order chi connectivity index (χ1) is 12.4. The van der Waals surface area contributed by atoms with E-state index in [2.05, 4.69) is 16.2 Å². The van der Waals surface area contributed by atoms with Gasteiger partial charge in [0.15, 0.2) is 0 Å². The first kappa shape index (κ1) is 17.7. The highest BCUT2D eigenvalue weighted by atomic mass is 16.3. The van der Waals surface area contributed by atoms with Crippen LogP contribution in [0.4, 0.5) is 4.79 Å². The molecule has 0 bridgehead atoms. The molecule has 1 aliphatic carbocycles. The average Bonchev–Trinajstić information content (AvgIpc) is 3.18. The number of phenols is 1. The van der Waals surface area contributed by atoms with Crippen LogP contribution in [0.25, 0.3) is 0 Å². The quantitative estimate of drug-likeness (QED) is 0.458. The van der Waals surface area contributed by atoms with E-state index in [0.717, 1.165) is 17.7 Å². The van der Waals surface area contributed by atoms with Crippen molar-refractivity contribution < 1.29 is 24.3 Å². The maximum Gasteiger partial charge on any atom is 0.325 e. The van der Waals surface area contributed by atoms with Crippen LogP contribution in [0.2, 0.25) is 0 Å². The Morgan fingerprint density at radius 2 is 1.85 bits per heavy atom. The molecular formula is C17H20N4O5. The van der Waals surface area contributed by atoms with Crippen LogP contribution in [0.3, 0.4) is 0 Å². The monoisotopic (exact) mass is 360 g/mol. The summed E-state index contributed by atoms with van der Waals surface area (Å²) in [5.74, 6) is -2.07. The lowest BCUT2D eigenvalue weighted by molar-refractivity contribution is -0.138. The van der Waals surface area contributed by atoms with Gasteiger partial charge in [-0.1, -0.05) is 25.0 Å². The van der Waals surface area contributed by atoms with Crippen molar-refractivity contribution in [3.63, 3.8) is 0 Å². The molecule has 1 saturated heterocycles. The highest BCUT2D eigenvalue weighted by Crippen LogP contribution is 2.35. The fraction of sp³-hybridized carbons (Fsp3) is 0.412. The number of nitrogens with zero attached hydrogens (tertiary/aromatic N) is 1. The highest BCUT2D eigenvalue weighted by Gasteiger charge is 2.54. The molecule has 1 spiro atoms. The van der Waals surface area contributed by atoms with Crippen molar-refractivity contribution in [1.29, 1.82) is 0 Å². The predicted molar refractivity (Wildman–Crippen MR) is 89.8 cm³/mol. The zero-order chi connectivity index (χ0) is 18.9. The van der Waals surface area contributed by atoms with Gasteiger partial charge in [-0.05, 0) is 31.9 Å². The Hall–Kier alpha value is -3.10. The first-order valence-corrected chi connectivity index (χ1v) is 8.40. The number of rotatable bonds is 3. The van der Waals surface area contributed by atoms with Gasteiger partial charge >= 0.3 is 6.03 Å². The molecule has 1 saturated carbocycles. The van der Waals surface area contributed by atoms with E-state index >= 15 is 0 Å². The summed E-state index contributed by atoms with van der Waals surface area (Å²) >= 11 is 0. The van der Waals surface area contributed by atoms with Crippen molar-refractivity contribution in [3.05, 3.63) is 29.8 Å². The summed E-state index contributed by atoms with van der Waals surface area (Å²) in [6.07, 6.45) is 2.81. The molecule has 1 unspecified atom stereocenters. The summed E-state index contributed by atoms with van der Waals surface area (Å²) in [6.45, 7) is 1.41. The molecule has 1 aromatic rings. The number of nitrogens with one attached hydrogen (secondary N) is 3. The maximum atomic E-state index is 12.6. The number of carbonyl (C=O) groups excluding carboxylic acids is 4. The van der Waals surface area contributed by atoms with Crippen LogP contribution < -0.4 is 16.2 Å². The van der Waals surface area contributed by atoms with Crippen molar-refractivity contribution >= 4 is 23.8 Å². The van der Waals surface area contributed by atoms with Gasteiger partial charge in [-0.3, -0.25) is 25.2 Å². The minimum Gasteiger partial charge on any atom is -0.507 e. The van der Waals surface area contributed by atoms with Gasteiger partial charge in [0.2, 0.25) is 0 Å². The van der Waals surface area contributed by atoms with Crippen LogP contribution >= 0.6 is 0 Å². The summed E-state index contributed by atoms with van der Waals surface area (Å²) in [6, 6.07) is 4.16. The normalized spacial score (nSPS) is 19.3. The van der Waals surface area contributed by atoms with E-state index in [9.17, 15) is 24.3 Å². The minimum absolute atomic E-state index is 0.0136. The van der Waals surface area contributed by atoms with Gasteiger partial charge in [-0.25, -0.2) is 9.69 Å². The van der Waals surface area contributed by atoms with E-state index in [4.69, 9.17) is 0 Å². The molecular weight excluding hydrogens is 340 g/mol. The van der Waals surface area contributed by atoms with Gasteiger partial charge in [0.25, 0.3) is 17.7 Å². The molecule has 1 heterocycles. The fourth-order valence-corrected chi connectivity index (χ4v) is 3.38. The third-order valence-corrected chi connectivity index (χ3v) is 4.86. The van der Waals surface area contributed by atoms with Crippen LogP contribution in [-0.4, -0.2) is 45.3 Å². The number of urea groups is 1. The zero-order valence-corrected chi connectivity index (χ0v) is 14.2. The Kier molecular flexibility index (Phi) is 4.54. The Labute approximate surface area is 149 Å². The van der Waals surface area contributed by atoms with Gasteiger partial charge in [-0.2, -0.15) is 0 Å². The lowest BCUT2D eigenvalue weighted by Gasteiger charge is -2.23. The van der Waals surface area contributed by atoms with Crippen molar-refractivity contribution in [2.24, 2.45) is 0 Å². The molecule has 5 amide bonds. The number of carbonyl (C=O) groups is 4. The second-order valence-corrected chi connectivity index (χ2v) is 6.53. The molecule has 3 rings (SSSR count). The second kappa shape index (κ2) is 6.66. The summed E-state index contributed by atoms with van der Waals surface area (Å²) in [5, 5.41) is 12.3. The topological polar surface area (TPSA) is 128 Å². The molecule has 0 aromatic heterocycles. The summed E-state index contributed by atoms with van der Waals surface area (Å²) < 4.78 is 0. The molecule has 0 radical (unpaired) electrons. The standard InChI is InChI=1S/C17H20N4O5/c1-10(21-15(25)17(18-16(21)26)8-4-5-9-17)13(23)19-20-14(24)11-6-2-3-7-12(11)22/h2-3,6-7,10,22H,4-5,8-9H2,1H3,(H,18,26)(H,19,23)(H,20,24). The SMILES string of the molecule is CC(C(=O)NNC(=O)c1ccccc1O)N1C(=O)NC2(CCCC2)C1=O. The highest BCUT2D eigenvalue weighted by molar-refractivity contribution is 6.10. The van der Waals surface area contributed by atoms with E-state index in [-0.39, 0.29) is 11.3 Å². The van der Waals surface area contributed by atoms with Crippen molar-refractivity contribution in [2.45, 2.75) is 44.2 Å². The van der Waals surface area contributed by atoms with E-state index in [1.54, 1.807) is 12.1 Å². The van der Waals surface area contributed by atoms with Crippen molar-refractivity contribution in [1.82, 2.24) is 21.1 Å². The van der Waals surface area contributed by atoms with Crippen LogP contribution in [0.5, 0.6) is 5.75 Å². The summed E-state index contributed by atoms with van der Waals surface area (Å²) in [5.41, 5.74) is 3.44. The van der Waals surface area contributed by atoms with Crippen molar-refractivity contribution in [2.75, 3.05) is 0 Å². The van der Waals surface area contributed by atoms with E-state index in [1.165, 1.54) is 19.1 Å². The molecule has 138 valence electrons. The number of hydrazine groups is 1. The molecule has 26 heavy (non-hydrogen) atoms. The lowest BCUT2D eigenvalue weighted by Crippen LogP contribution is -2.53. The first-order valence-electron chi connectivity index (χ1n) is 8.40. The molecule has 1 aliphatic heterocycles. The molecule has 1 aromatic carbocycles. The van der Waals surface area contributed by atoms with E-state index in [0.29, 0.717) is 12.8 Å². The molecule has 9 nitrogen and oxygen atoms in total. The fourth-order valence-electron chi connectivity index (χ4n) is 3.38. The van der Waals surface area contributed by atoms with Gasteiger partial charge in [0.05, 0.1) is 5.56 Å². The van der Waals surface area contributed by atoms with Crippen LogP contribution in [0, 0.1) is 0 Å². The minimum atomic E-state index is -1.09. The number of para-hydroxylation sites is 1. The molecule has 2 aliphatic rings. The smallest absolute Gasteiger partial charge is 0.325 e. The third kappa shape index (κ3) is 2.96. The molecule has 1 atom stereocenters. The Morgan fingerprint density at radius 3 is 2.50 bits per heavy atom. The number of phenolic OH excluding ortho intramolecular Hbond substituents is 1. The Morgan fingerprint density at radius 1 is 1.19 bits per heavy atom. The summed E-state index contributed by atoms with van der Waals surface area (Å²) in [7, 11) is 0. The molecule has 9 heteroatoms. The lowest BCUT2D eigenvalue weighted by atomic mass is 9.97. The second-order valence-electron chi connectivity index (χ2n) is 6.53. The van der Waals surface area contributed by atoms with Crippen molar-refractivity contribution in [3.8, 4) is 5.75 Å². The van der Waals surface area contributed by atoms with E-state index < -0.39 is 35.3 Å². The molecule has 2 fully saturated rings. The summed E-state index contributed by atoms with van der Waals surface area (Å²) in [4.78, 5) is 50.0. The Balaban J connectivity index is 1.63. The van der Waals surface area contributed by atoms with Crippen LogP contribution in [0.15, 0.2) is 24.3 Å². The number of hydrogen-bond donors (Lipinski definition) is 4. The predicted octanol–water partition coefficient (Wildman–Crippen LogP) is 0.406. The van der Waals surface area contributed by atoms with Gasteiger partial charge < -0.3 is 10.4 Å². The third-order valence-electron chi connectivity index (χ3n) is 4.86. The number of imide groups is 1. The van der Waals surface area contributed by atoms with Gasteiger partial charge in [0, 0.05) is 0 Å². The number of benzene rings is 1. The largest absolute Gasteiger partial charge is 0.507 e. The van der Waals surface area contributed by atoms with Gasteiger partial charge in [-0.15, -0.1) is 0 Å². The number of hydrogen-bond acceptors (Lipinski definition) is 5. The Bertz CT molecular complexity index is 772. The van der Waals surface area contributed by atoms with Gasteiger partial charge in [0.1, 0.15) is 17.3 Å². The average molecular weight is 360 g/mol. The molecule has 4 N–H and O–H groups in total. The van der Waals surface area contributed by atoms with Crippen LogP contribution in [-0.2, 0) is 9.59 Å². The number of aromatic hydroxyl groups is 1.